The Bertz CT molecular complexity index is 630. The topological polar surface area (TPSA) is 79.0 Å². The molecular weight excluding hydrogens is 358 g/mol. The summed E-state index contributed by atoms with van der Waals surface area (Å²) in [7, 11) is 0. The zero-order valence-corrected chi connectivity index (χ0v) is 17.9. The van der Waals surface area contributed by atoms with Crippen molar-refractivity contribution in [3.63, 3.8) is 0 Å². The second-order valence-electron chi connectivity index (χ2n) is 9.58. The van der Waals surface area contributed by atoms with Crippen molar-refractivity contribution < 1.29 is 19.1 Å². The number of hydrogen-bond acceptors (Lipinski definition) is 4. The number of carbonyl (C=O) groups excluding carboxylic acids is 3. The zero-order valence-electron chi connectivity index (χ0n) is 17.9. The van der Waals surface area contributed by atoms with E-state index in [4.69, 9.17) is 4.74 Å². The number of urea groups is 1. The van der Waals surface area contributed by atoms with Gasteiger partial charge in [-0.25, -0.2) is 4.79 Å². The van der Waals surface area contributed by atoms with Crippen molar-refractivity contribution in [2.45, 2.75) is 84.5 Å². The van der Waals surface area contributed by atoms with Crippen LogP contribution in [0, 0.1) is 11.3 Å². The maximum absolute atomic E-state index is 13.1. The highest BCUT2D eigenvalue weighted by atomic mass is 16.5. The van der Waals surface area contributed by atoms with E-state index in [9.17, 15) is 14.4 Å². The first-order chi connectivity index (χ1) is 13.1. The van der Waals surface area contributed by atoms with Gasteiger partial charge in [-0.05, 0) is 50.9 Å². The molecule has 158 valence electrons. The lowest BCUT2D eigenvalue weighted by Gasteiger charge is -2.42. The van der Waals surface area contributed by atoms with Gasteiger partial charge in [0.1, 0.15) is 12.1 Å². The van der Waals surface area contributed by atoms with Crippen LogP contribution < -0.4 is 5.32 Å². The Morgan fingerprint density at radius 2 is 1.75 bits per heavy atom. The molecule has 0 radical (unpaired) electrons. The highest BCUT2D eigenvalue weighted by Gasteiger charge is 2.54. The van der Waals surface area contributed by atoms with Gasteiger partial charge in [0.05, 0.1) is 12.2 Å². The van der Waals surface area contributed by atoms with Crippen LogP contribution in [0.4, 0.5) is 4.79 Å². The molecule has 2 aliphatic heterocycles. The average Bonchev–Trinajstić information content (AvgIpc) is 2.85. The van der Waals surface area contributed by atoms with E-state index in [1.165, 1.54) is 0 Å². The summed E-state index contributed by atoms with van der Waals surface area (Å²) < 4.78 is 5.66. The van der Waals surface area contributed by atoms with Crippen molar-refractivity contribution in [2.24, 2.45) is 11.3 Å². The van der Waals surface area contributed by atoms with Crippen LogP contribution in [-0.4, -0.2) is 65.0 Å². The van der Waals surface area contributed by atoms with E-state index in [0.717, 1.165) is 24.2 Å². The molecular formula is C21H35N3O4. The Morgan fingerprint density at radius 1 is 1.18 bits per heavy atom. The lowest BCUT2D eigenvalue weighted by atomic mass is 9.65. The molecule has 3 aliphatic rings. The van der Waals surface area contributed by atoms with Gasteiger partial charge in [0, 0.05) is 13.1 Å². The summed E-state index contributed by atoms with van der Waals surface area (Å²) in [5.74, 6) is 0.135. The molecule has 4 amide bonds. The van der Waals surface area contributed by atoms with Crippen LogP contribution in [0.15, 0.2) is 0 Å². The van der Waals surface area contributed by atoms with E-state index in [1.807, 2.05) is 13.8 Å². The van der Waals surface area contributed by atoms with Gasteiger partial charge in [-0.15, -0.1) is 0 Å². The summed E-state index contributed by atoms with van der Waals surface area (Å²) >= 11 is 0. The lowest BCUT2D eigenvalue weighted by Crippen LogP contribution is -2.53. The number of amides is 4. The van der Waals surface area contributed by atoms with Crippen molar-refractivity contribution in [1.29, 1.82) is 0 Å². The van der Waals surface area contributed by atoms with Crippen molar-refractivity contribution in [1.82, 2.24) is 15.1 Å². The first-order valence-corrected chi connectivity index (χ1v) is 10.7. The van der Waals surface area contributed by atoms with E-state index in [-0.39, 0.29) is 36.0 Å². The van der Waals surface area contributed by atoms with Crippen molar-refractivity contribution in [3.8, 4) is 0 Å². The number of rotatable bonds is 4. The molecule has 3 fully saturated rings. The number of ether oxygens (including phenoxy) is 1. The second-order valence-corrected chi connectivity index (χ2v) is 9.58. The minimum Gasteiger partial charge on any atom is -0.372 e. The lowest BCUT2D eigenvalue weighted by molar-refractivity contribution is -0.147. The third-order valence-electron chi connectivity index (χ3n) is 7.17. The Morgan fingerprint density at radius 3 is 2.29 bits per heavy atom. The molecule has 0 aromatic rings. The first kappa shape index (κ1) is 21.1. The number of carbonyl (C=O) groups is 3. The SMILES string of the molecule is CCC(C)(C)C1CCC2(CC1)NC(=O)N(CC(=O)N1C[C@H](C)O[C@@H](C)C1)C2=O. The predicted molar refractivity (Wildman–Crippen MR) is 106 cm³/mol. The van der Waals surface area contributed by atoms with Crippen molar-refractivity contribution in [2.75, 3.05) is 19.6 Å². The molecule has 2 atom stereocenters. The van der Waals surface area contributed by atoms with Gasteiger partial charge in [-0.1, -0.05) is 27.2 Å². The maximum Gasteiger partial charge on any atom is 0.325 e. The highest BCUT2D eigenvalue weighted by Crippen LogP contribution is 2.45. The van der Waals surface area contributed by atoms with Crippen molar-refractivity contribution >= 4 is 17.8 Å². The molecule has 0 aromatic carbocycles. The van der Waals surface area contributed by atoms with Gasteiger partial charge in [0.25, 0.3) is 5.91 Å². The molecule has 2 saturated heterocycles. The average molecular weight is 394 g/mol. The Hall–Kier alpha value is -1.63. The number of morpholine rings is 1. The summed E-state index contributed by atoms with van der Waals surface area (Å²) in [5, 5.41) is 2.93. The molecule has 1 spiro atoms. The highest BCUT2D eigenvalue weighted by molar-refractivity contribution is 6.09. The molecule has 0 unspecified atom stereocenters. The van der Waals surface area contributed by atoms with E-state index in [2.05, 4.69) is 26.1 Å². The number of imide groups is 1. The third-order valence-corrected chi connectivity index (χ3v) is 7.17. The van der Waals surface area contributed by atoms with E-state index in [0.29, 0.717) is 31.8 Å². The van der Waals surface area contributed by atoms with Crippen LogP contribution in [0.2, 0.25) is 0 Å². The zero-order chi connectivity index (χ0) is 20.7. The summed E-state index contributed by atoms with van der Waals surface area (Å²) in [6.45, 7) is 11.4. The number of nitrogens with zero attached hydrogens (tertiary/aromatic N) is 2. The maximum atomic E-state index is 13.1. The third kappa shape index (κ3) is 3.91. The van der Waals surface area contributed by atoms with Crippen LogP contribution in [-0.2, 0) is 14.3 Å². The minimum atomic E-state index is -0.816. The molecule has 7 heteroatoms. The van der Waals surface area contributed by atoms with Gasteiger partial charge in [-0.3, -0.25) is 14.5 Å². The first-order valence-electron chi connectivity index (χ1n) is 10.7. The summed E-state index contributed by atoms with van der Waals surface area (Å²) in [5.41, 5.74) is -0.573. The fourth-order valence-electron chi connectivity index (χ4n) is 4.96. The molecule has 28 heavy (non-hydrogen) atoms. The quantitative estimate of drug-likeness (QED) is 0.745. The monoisotopic (exact) mass is 393 g/mol. The van der Waals surface area contributed by atoms with Crippen molar-refractivity contribution in [3.05, 3.63) is 0 Å². The van der Waals surface area contributed by atoms with E-state index < -0.39 is 11.6 Å². The van der Waals surface area contributed by atoms with Gasteiger partial charge in [0.15, 0.2) is 0 Å². The Balaban J connectivity index is 1.63. The van der Waals surface area contributed by atoms with Gasteiger partial charge < -0.3 is 15.0 Å². The molecule has 7 nitrogen and oxygen atoms in total. The number of nitrogens with one attached hydrogen (secondary N) is 1. The summed E-state index contributed by atoms with van der Waals surface area (Å²) in [6, 6.07) is -0.430. The molecule has 0 aromatic heterocycles. The molecule has 1 saturated carbocycles. The minimum absolute atomic E-state index is 0.0423. The molecule has 0 bridgehead atoms. The summed E-state index contributed by atoms with van der Waals surface area (Å²) in [6.07, 6.45) is 4.17. The van der Waals surface area contributed by atoms with Gasteiger partial charge in [0.2, 0.25) is 5.91 Å². The molecule has 3 rings (SSSR count). The van der Waals surface area contributed by atoms with E-state index in [1.54, 1.807) is 4.90 Å². The van der Waals surface area contributed by atoms with Crippen LogP contribution in [0.1, 0.15) is 66.7 Å². The van der Waals surface area contributed by atoms with Gasteiger partial charge in [-0.2, -0.15) is 0 Å². The second kappa shape index (κ2) is 7.65. The van der Waals surface area contributed by atoms with Crippen LogP contribution in [0.3, 0.4) is 0 Å². The molecule has 1 aliphatic carbocycles. The standard InChI is InChI=1S/C21H35N3O4/c1-6-20(4,5)16-7-9-21(10-8-16)18(26)24(19(27)22-21)13-17(25)23-11-14(2)28-15(3)12-23/h14-16H,6-13H2,1-5H3,(H,22,27)/t14-,15-,16?,21?/m0/s1. The van der Waals surface area contributed by atoms with Gasteiger partial charge >= 0.3 is 6.03 Å². The fraction of sp³-hybridized carbons (Fsp3) is 0.857. The van der Waals surface area contributed by atoms with E-state index >= 15 is 0 Å². The van der Waals surface area contributed by atoms with Crippen LogP contribution >= 0.6 is 0 Å². The fourth-order valence-corrected chi connectivity index (χ4v) is 4.96. The largest absolute Gasteiger partial charge is 0.372 e. The predicted octanol–water partition coefficient (Wildman–Crippen LogP) is 2.54. The Labute approximate surface area is 168 Å². The normalized spacial score (nSPS) is 34.1. The molecule has 2 heterocycles. The van der Waals surface area contributed by atoms with Crippen LogP contribution in [0.25, 0.3) is 0 Å². The molecule has 1 N–H and O–H groups in total. The van der Waals surface area contributed by atoms with Crippen LogP contribution in [0.5, 0.6) is 0 Å². The smallest absolute Gasteiger partial charge is 0.325 e. The Kier molecular flexibility index (Phi) is 5.76. The summed E-state index contributed by atoms with van der Waals surface area (Å²) in [4.78, 5) is 41.2. The number of hydrogen-bond donors (Lipinski definition) is 1.